The van der Waals surface area contributed by atoms with Gasteiger partial charge in [-0.2, -0.15) is 0 Å². The highest BCUT2D eigenvalue weighted by Gasteiger charge is 2.21. The number of methoxy groups -OCH3 is 2. The molecular weight excluding hydrogens is 252 g/mol. The number of hydrogen-bond donors (Lipinski definition) is 0. The van der Waals surface area contributed by atoms with Crippen LogP contribution in [0.4, 0.5) is 0 Å². The summed E-state index contributed by atoms with van der Waals surface area (Å²) in [7, 11) is 3.33. The molecule has 0 spiro atoms. The van der Waals surface area contributed by atoms with Crippen molar-refractivity contribution in [3.05, 3.63) is 23.8 Å². The Bertz CT molecular complexity index is 454. The van der Waals surface area contributed by atoms with E-state index in [1.54, 1.807) is 14.2 Å². The molecule has 1 atom stereocenters. The fraction of sp³-hybridized carbons (Fsp3) is 0.588. The predicted molar refractivity (Wildman–Crippen MR) is 79.4 cm³/mol. The van der Waals surface area contributed by atoms with Gasteiger partial charge in [-0.3, -0.25) is 4.79 Å². The third-order valence-electron chi connectivity index (χ3n) is 4.13. The first-order valence-corrected chi connectivity index (χ1v) is 7.48. The molecule has 1 aliphatic rings. The van der Waals surface area contributed by atoms with Crippen LogP contribution < -0.4 is 9.47 Å². The van der Waals surface area contributed by atoms with E-state index in [2.05, 4.69) is 0 Å². The second kappa shape index (κ2) is 7.32. The van der Waals surface area contributed by atoms with Gasteiger partial charge in [-0.15, -0.1) is 0 Å². The van der Waals surface area contributed by atoms with Crippen molar-refractivity contribution in [3.8, 4) is 11.5 Å². The minimum atomic E-state index is 0.135. The monoisotopic (exact) mass is 276 g/mol. The van der Waals surface area contributed by atoms with Crippen molar-refractivity contribution >= 4 is 5.78 Å². The number of rotatable bonds is 4. The molecule has 3 heteroatoms. The molecule has 1 saturated carbocycles. The largest absolute Gasteiger partial charge is 0.497 e. The lowest BCUT2D eigenvalue weighted by molar-refractivity contribution is -0.123. The van der Waals surface area contributed by atoms with Crippen LogP contribution in [0, 0.1) is 5.92 Å². The standard InChI is InChI=1S/C17H24O3/c1-19-15-9-10-17(20-2)14(12-15)11-13-7-5-3-4-6-8-16(13)18/h9-10,12-13H,3-8,11H2,1-2H3. The van der Waals surface area contributed by atoms with Crippen LogP contribution in [-0.4, -0.2) is 20.0 Å². The van der Waals surface area contributed by atoms with E-state index in [4.69, 9.17) is 9.47 Å². The lowest BCUT2D eigenvalue weighted by atomic mass is 9.85. The van der Waals surface area contributed by atoms with Gasteiger partial charge in [-0.1, -0.05) is 19.3 Å². The molecule has 3 nitrogen and oxygen atoms in total. The van der Waals surface area contributed by atoms with Gasteiger partial charge in [-0.25, -0.2) is 0 Å². The predicted octanol–water partition coefficient (Wildman–Crippen LogP) is 3.79. The van der Waals surface area contributed by atoms with E-state index in [9.17, 15) is 4.79 Å². The summed E-state index contributed by atoms with van der Waals surface area (Å²) in [4.78, 5) is 12.3. The zero-order valence-electron chi connectivity index (χ0n) is 12.5. The smallest absolute Gasteiger partial charge is 0.136 e. The molecule has 0 N–H and O–H groups in total. The van der Waals surface area contributed by atoms with Crippen molar-refractivity contribution in [1.82, 2.24) is 0 Å². The molecule has 1 fully saturated rings. The topological polar surface area (TPSA) is 35.5 Å². The SMILES string of the molecule is COc1ccc(OC)c(CC2CCCCCCC2=O)c1. The molecule has 1 unspecified atom stereocenters. The molecule has 1 aromatic rings. The van der Waals surface area contributed by atoms with E-state index >= 15 is 0 Å². The maximum absolute atomic E-state index is 12.3. The Morgan fingerprint density at radius 2 is 1.90 bits per heavy atom. The number of ether oxygens (including phenoxy) is 2. The van der Waals surface area contributed by atoms with E-state index in [0.29, 0.717) is 5.78 Å². The molecule has 1 aromatic carbocycles. The summed E-state index contributed by atoms with van der Waals surface area (Å²) in [5, 5.41) is 0. The van der Waals surface area contributed by atoms with Gasteiger partial charge in [0, 0.05) is 12.3 Å². The van der Waals surface area contributed by atoms with E-state index < -0.39 is 0 Å². The van der Waals surface area contributed by atoms with Crippen LogP contribution in [0.3, 0.4) is 0 Å². The molecular formula is C17H24O3. The van der Waals surface area contributed by atoms with Crippen molar-refractivity contribution in [2.24, 2.45) is 5.92 Å². The van der Waals surface area contributed by atoms with Gasteiger partial charge in [0.15, 0.2) is 0 Å². The van der Waals surface area contributed by atoms with Crippen LogP contribution in [-0.2, 0) is 11.2 Å². The summed E-state index contributed by atoms with van der Waals surface area (Å²) in [6.45, 7) is 0. The van der Waals surface area contributed by atoms with E-state index in [1.165, 1.54) is 12.8 Å². The van der Waals surface area contributed by atoms with E-state index in [0.717, 1.165) is 49.2 Å². The van der Waals surface area contributed by atoms with Crippen molar-refractivity contribution in [3.63, 3.8) is 0 Å². The van der Waals surface area contributed by atoms with Gasteiger partial charge in [0.05, 0.1) is 14.2 Å². The minimum absolute atomic E-state index is 0.135. The molecule has 1 aliphatic carbocycles. The van der Waals surface area contributed by atoms with Gasteiger partial charge >= 0.3 is 0 Å². The fourth-order valence-corrected chi connectivity index (χ4v) is 2.93. The van der Waals surface area contributed by atoms with Gasteiger partial charge in [0.2, 0.25) is 0 Å². The summed E-state index contributed by atoms with van der Waals surface area (Å²) >= 11 is 0. The maximum Gasteiger partial charge on any atom is 0.136 e. The van der Waals surface area contributed by atoms with E-state index in [1.807, 2.05) is 18.2 Å². The number of ketones is 1. The average Bonchev–Trinajstić information content (AvgIpc) is 2.46. The second-order valence-corrected chi connectivity index (χ2v) is 5.50. The van der Waals surface area contributed by atoms with Crippen molar-refractivity contribution in [2.75, 3.05) is 14.2 Å². The Hall–Kier alpha value is -1.51. The van der Waals surface area contributed by atoms with Crippen molar-refractivity contribution in [1.29, 1.82) is 0 Å². The van der Waals surface area contributed by atoms with Gasteiger partial charge in [0.1, 0.15) is 17.3 Å². The molecule has 0 radical (unpaired) electrons. The first kappa shape index (κ1) is 14.9. The quantitative estimate of drug-likeness (QED) is 0.839. The fourth-order valence-electron chi connectivity index (χ4n) is 2.93. The van der Waals surface area contributed by atoms with Gasteiger partial charge in [0.25, 0.3) is 0 Å². The molecule has 0 bridgehead atoms. The average molecular weight is 276 g/mol. The zero-order valence-corrected chi connectivity index (χ0v) is 12.5. The minimum Gasteiger partial charge on any atom is -0.497 e. The van der Waals surface area contributed by atoms with Crippen LogP contribution >= 0.6 is 0 Å². The highest BCUT2D eigenvalue weighted by atomic mass is 16.5. The Labute approximate surface area is 121 Å². The number of carbonyl (C=O) groups excluding carboxylic acids is 1. The summed E-state index contributed by atoms with van der Waals surface area (Å²) < 4.78 is 10.7. The lowest BCUT2D eigenvalue weighted by Gasteiger charge is -2.20. The second-order valence-electron chi connectivity index (χ2n) is 5.50. The molecule has 20 heavy (non-hydrogen) atoms. The third kappa shape index (κ3) is 3.75. The van der Waals surface area contributed by atoms with Crippen molar-refractivity contribution in [2.45, 2.75) is 44.9 Å². The Morgan fingerprint density at radius 1 is 1.10 bits per heavy atom. The molecule has 0 amide bonds. The number of Topliss-reactive ketones (excluding diaryl/α,β-unsaturated/α-hetero) is 1. The van der Waals surface area contributed by atoms with Crippen LogP contribution in [0.2, 0.25) is 0 Å². The van der Waals surface area contributed by atoms with Crippen LogP contribution in [0.15, 0.2) is 18.2 Å². The maximum atomic E-state index is 12.3. The number of hydrogen-bond acceptors (Lipinski definition) is 3. The molecule has 110 valence electrons. The number of benzene rings is 1. The highest BCUT2D eigenvalue weighted by molar-refractivity contribution is 5.81. The van der Waals surface area contributed by atoms with Crippen LogP contribution in [0.1, 0.15) is 44.1 Å². The van der Waals surface area contributed by atoms with Crippen LogP contribution in [0.5, 0.6) is 11.5 Å². The first-order chi connectivity index (χ1) is 9.74. The molecule has 0 aromatic heterocycles. The summed E-state index contributed by atoms with van der Waals surface area (Å²) in [6, 6.07) is 5.80. The molecule has 0 heterocycles. The van der Waals surface area contributed by atoms with E-state index in [-0.39, 0.29) is 5.92 Å². The first-order valence-electron chi connectivity index (χ1n) is 7.48. The lowest BCUT2D eigenvalue weighted by Crippen LogP contribution is -2.19. The number of carbonyl (C=O) groups is 1. The van der Waals surface area contributed by atoms with Gasteiger partial charge < -0.3 is 9.47 Å². The summed E-state index contributed by atoms with van der Waals surface area (Å²) in [5.41, 5.74) is 1.07. The van der Waals surface area contributed by atoms with Crippen molar-refractivity contribution < 1.29 is 14.3 Å². The van der Waals surface area contributed by atoms with Crippen LogP contribution in [0.25, 0.3) is 0 Å². The molecule has 2 rings (SSSR count). The Balaban J connectivity index is 2.15. The third-order valence-corrected chi connectivity index (χ3v) is 4.13. The molecule has 0 saturated heterocycles. The zero-order chi connectivity index (χ0) is 14.4. The summed E-state index contributed by atoms with van der Waals surface area (Å²) in [6.07, 6.45) is 7.14. The summed E-state index contributed by atoms with van der Waals surface area (Å²) in [5.74, 6) is 2.21. The Kier molecular flexibility index (Phi) is 5.45. The highest BCUT2D eigenvalue weighted by Crippen LogP contribution is 2.29. The van der Waals surface area contributed by atoms with Gasteiger partial charge in [-0.05, 0) is 43.0 Å². The normalized spacial score (nSPS) is 20.1. The Morgan fingerprint density at radius 3 is 2.65 bits per heavy atom. The molecule has 0 aliphatic heterocycles.